The molecule has 7 heteroatoms. The highest BCUT2D eigenvalue weighted by molar-refractivity contribution is 7.78. The highest BCUT2D eigenvalue weighted by atomic mass is 31.2. The standard InChI is InChI=1S/C35H55O5PSi/c1-28(19-17-18-26-41(36,31-20-13-11-14-21-31)32-22-15-12-16-23-32)33(37-6)27-30(40-42(9,10)35(3,4)5)25-24-29(2)34(38-7)39-8/h11-23,29-30,33-34H,24-27H2,1-10H3/b18-17+,28-19+/t29-,30+,33+/m1/s1. The van der Waals surface area contributed by atoms with E-state index in [1.54, 1.807) is 21.3 Å². The number of methoxy groups -OCH3 is 3. The maximum absolute atomic E-state index is 14.3. The van der Waals surface area contributed by atoms with Gasteiger partial charge in [0.05, 0.1) is 6.10 Å². The average Bonchev–Trinajstić information content (AvgIpc) is 2.97. The molecule has 0 amide bonds. The van der Waals surface area contributed by atoms with E-state index in [0.29, 0.717) is 6.16 Å². The zero-order valence-electron chi connectivity index (χ0n) is 27.6. The highest BCUT2D eigenvalue weighted by Gasteiger charge is 2.39. The van der Waals surface area contributed by atoms with Crippen molar-refractivity contribution in [1.29, 1.82) is 0 Å². The van der Waals surface area contributed by atoms with Crippen molar-refractivity contribution in [3.63, 3.8) is 0 Å². The molecule has 0 aliphatic carbocycles. The first kappa shape index (κ1) is 36.4. The molecule has 0 saturated heterocycles. The topological polar surface area (TPSA) is 54.0 Å². The monoisotopic (exact) mass is 614 g/mol. The molecule has 0 heterocycles. The van der Waals surface area contributed by atoms with Crippen LogP contribution in [-0.4, -0.2) is 54.3 Å². The Hall–Kier alpha value is -1.79. The molecule has 0 aliphatic rings. The fourth-order valence-corrected chi connectivity index (χ4v) is 8.75. The van der Waals surface area contributed by atoms with E-state index in [0.717, 1.165) is 35.4 Å². The fourth-order valence-electron chi connectivity index (χ4n) is 4.90. The number of rotatable bonds is 17. The quantitative estimate of drug-likeness (QED) is 0.0776. The highest BCUT2D eigenvalue weighted by Crippen LogP contribution is 2.43. The summed E-state index contributed by atoms with van der Waals surface area (Å²) in [5, 5.41) is 1.86. The van der Waals surface area contributed by atoms with Crippen molar-refractivity contribution in [2.45, 2.75) is 90.5 Å². The van der Waals surface area contributed by atoms with E-state index in [-0.39, 0.29) is 29.5 Å². The fraction of sp³-hybridized carbons (Fsp3) is 0.543. The van der Waals surface area contributed by atoms with Crippen LogP contribution in [0.4, 0.5) is 0 Å². The molecular formula is C35H55O5PSi. The lowest BCUT2D eigenvalue weighted by molar-refractivity contribution is -0.135. The summed E-state index contributed by atoms with van der Waals surface area (Å²) in [6.07, 6.45) is 8.92. The van der Waals surface area contributed by atoms with Crippen LogP contribution >= 0.6 is 7.14 Å². The summed E-state index contributed by atoms with van der Waals surface area (Å²) in [4.78, 5) is 0. The van der Waals surface area contributed by atoms with Crippen molar-refractivity contribution < 1.29 is 23.2 Å². The first-order chi connectivity index (χ1) is 19.8. The van der Waals surface area contributed by atoms with Crippen LogP contribution in [0.15, 0.2) is 84.5 Å². The molecule has 0 radical (unpaired) electrons. The number of benzene rings is 2. The molecule has 0 aliphatic heterocycles. The van der Waals surface area contributed by atoms with Gasteiger partial charge < -0.3 is 23.2 Å². The van der Waals surface area contributed by atoms with Gasteiger partial charge in [-0.3, -0.25) is 0 Å². The summed E-state index contributed by atoms with van der Waals surface area (Å²) in [6, 6.07) is 19.6. The van der Waals surface area contributed by atoms with Crippen LogP contribution in [-0.2, 0) is 23.2 Å². The van der Waals surface area contributed by atoms with Crippen LogP contribution in [0.2, 0.25) is 18.1 Å². The zero-order valence-corrected chi connectivity index (χ0v) is 29.5. The Balaban J connectivity index is 2.22. The van der Waals surface area contributed by atoms with Crippen LogP contribution in [0, 0.1) is 5.92 Å². The molecule has 0 saturated carbocycles. The molecule has 2 rings (SSSR count). The molecule has 0 fully saturated rings. The molecule has 2 aromatic carbocycles. The SMILES string of the molecule is COC(OC)[C@H](C)CC[C@@H](C[C@H](OC)/C(C)=C/C=C/CP(=O)(c1ccccc1)c1ccccc1)O[Si](C)(C)C(C)(C)C. The second-order valence-electron chi connectivity index (χ2n) is 12.8. The van der Waals surface area contributed by atoms with Crippen molar-refractivity contribution in [3.05, 3.63) is 84.5 Å². The Morgan fingerprint density at radius 1 is 0.881 bits per heavy atom. The van der Waals surface area contributed by atoms with Crippen LogP contribution in [0.1, 0.15) is 53.9 Å². The molecule has 0 aromatic heterocycles. The van der Waals surface area contributed by atoms with E-state index >= 15 is 0 Å². The molecule has 42 heavy (non-hydrogen) atoms. The molecule has 5 nitrogen and oxygen atoms in total. The van der Waals surface area contributed by atoms with E-state index < -0.39 is 15.5 Å². The average molecular weight is 615 g/mol. The van der Waals surface area contributed by atoms with Crippen molar-refractivity contribution in [2.75, 3.05) is 27.5 Å². The van der Waals surface area contributed by atoms with Gasteiger partial charge in [-0.1, -0.05) is 107 Å². The molecular weight excluding hydrogens is 559 g/mol. The maximum Gasteiger partial charge on any atom is 0.192 e. The summed E-state index contributed by atoms with van der Waals surface area (Å²) in [5.74, 6) is 0.246. The number of ether oxygens (including phenoxy) is 3. The Morgan fingerprint density at radius 3 is 1.86 bits per heavy atom. The minimum absolute atomic E-state index is 0.0522. The van der Waals surface area contributed by atoms with Gasteiger partial charge in [-0.05, 0) is 43.5 Å². The number of hydrogen-bond acceptors (Lipinski definition) is 5. The molecule has 0 spiro atoms. The molecule has 0 bridgehead atoms. The van der Waals surface area contributed by atoms with Gasteiger partial charge in [0, 0.05) is 56.5 Å². The first-order valence-corrected chi connectivity index (χ1v) is 19.9. The Morgan fingerprint density at radius 2 is 1.40 bits per heavy atom. The summed E-state index contributed by atoms with van der Waals surface area (Å²) >= 11 is 0. The minimum atomic E-state index is -2.79. The van der Waals surface area contributed by atoms with E-state index in [1.807, 2.05) is 72.8 Å². The predicted molar refractivity (Wildman–Crippen MR) is 181 cm³/mol. The van der Waals surface area contributed by atoms with E-state index in [1.165, 1.54) is 0 Å². The van der Waals surface area contributed by atoms with E-state index in [9.17, 15) is 4.57 Å². The van der Waals surface area contributed by atoms with Gasteiger partial charge >= 0.3 is 0 Å². The van der Waals surface area contributed by atoms with Crippen molar-refractivity contribution in [2.24, 2.45) is 5.92 Å². The molecule has 0 unspecified atom stereocenters. The van der Waals surface area contributed by atoms with Gasteiger partial charge in [-0.25, -0.2) is 0 Å². The molecule has 3 atom stereocenters. The molecule has 234 valence electrons. The second kappa shape index (κ2) is 16.9. The van der Waals surface area contributed by atoms with Gasteiger partial charge in [-0.15, -0.1) is 0 Å². The van der Waals surface area contributed by atoms with Crippen LogP contribution in [0.5, 0.6) is 0 Å². The van der Waals surface area contributed by atoms with Crippen molar-refractivity contribution in [1.82, 2.24) is 0 Å². The second-order valence-corrected chi connectivity index (χ2v) is 20.4. The van der Waals surface area contributed by atoms with E-state index in [4.69, 9.17) is 18.6 Å². The van der Waals surface area contributed by atoms with Gasteiger partial charge in [0.15, 0.2) is 14.6 Å². The summed E-state index contributed by atoms with van der Waals surface area (Å²) in [7, 11) is 0.357. The van der Waals surface area contributed by atoms with Gasteiger partial charge in [0.1, 0.15) is 7.14 Å². The van der Waals surface area contributed by atoms with E-state index in [2.05, 4.69) is 53.8 Å². The minimum Gasteiger partial charge on any atom is -0.414 e. The Labute approximate surface area is 257 Å². The van der Waals surface area contributed by atoms with Gasteiger partial charge in [0.2, 0.25) is 0 Å². The zero-order chi connectivity index (χ0) is 31.4. The molecule has 0 N–H and O–H groups in total. The third kappa shape index (κ3) is 10.4. The lowest BCUT2D eigenvalue weighted by Gasteiger charge is -2.40. The summed E-state index contributed by atoms with van der Waals surface area (Å²) in [5.41, 5.74) is 1.12. The van der Waals surface area contributed by atoms with Gasteiger partial charge in [0.25, 0.3) is 0 Å². The first-order valence-electron chi connectivity index (χ1n) is 15.1. The van der Waals surface area contributed by atoms with Gasteiger partial charge in [-0.2, -0.15) is 0 Å². The number of hydrogen-bond donors (Lipinski definition) is 0. The van der Waals surface area contributed by atoms with Crippen LogP contribution in [0.3, 0.4) is 0 Å². The maximum atomic E-state index is 14.3. The number of allylic oxidation sites excluding steroid dienone is 3. The normalized spacial score (nSPS) is 15.7. The lowest BCUT2D eigenvalue weighted by atomic mass is 9.97. The third-order valence-electron chi connectivity index (χ3n) is 8.61. The lowest BCUT2D eigenvalue weighted by Crippen LogP contribution is -2.45. The largest absolute Gasteiger partial charge is 0.414 e. The van der Waals surface area contributed by atoms with Crippen molar-refractivity contribution in [3.8, 4) is 0 Å². The van der Waals surface area contributed by atoms with Crippen LogP contribution in [0.25, 0.3) is 0 Å². The predicted octanol–water partition coefficient (Wildman–Crippen LogP) is 8.33. The Bertz CT molecular complexity index is 1110. The summed E-state index contributed by atoms with van der Waals surface area (Å²) in [6.45, 7) is 15.7. The summed E-state index contributed by atoms with van der Waals surface area (Å²) < 4.78 is 38.3. The van der Waals surface area contributed by atoms with Crippen molar-refractivity contribution >= 4 is 26.1 Å². The smallest absolute Gasteiger partial charge is 0.192 e. The molecule has 2 aromatic rings. The van der Waals surface area contributed by atoms with Crippen LogP contribution < -0.4 is 10.6 Å². The third-order valence-corrected chi connectivity index (χ3v) is 16.1. The Kier molecular flexibility index (Phi) is 14.6.